The van der Waals surface area contributed by atoms with E-state index in [0.29, 0.717) is 27.7 Å². The second-order valence-corrected chi connectivity index (χ2v) is 7.29. The molecule has 2 aromatic carbocycles. The molecule has 0 spiro atoms. The van der Waals surface area contributed by atoms with Gasteiger partial charge in [-0.15, -0.1) is 0 Å². The first-order chi connectivity index (χ1) is 13.4. The Balaban J connectivity index is 1.72. The number of rotatable bonds is 3. The number of benzene rings is 2. The van der Waals surface area contributed by atoms with Crippen molar-refractivity contribution in [3.63, 3.8) is 0 Å². The molecule has 1 aliphatic heterocycles. The number of ether oxygens (including phenoxy) is 1. The van der Waals surface area contributed by atoms with Crippen LogP contribution < -0.4 is 15.4 Å². The summed E-state index contributed by atoms with van der Waals surface area (Å²) >= 11 is 6.31. The van der Waals surface area contributed by atoms with E-state index in [0.717, 1.165) is 16.6 Å². The van der Waals surface area contributed by atoms with Crippen molar-refractivity contribution in [2.45, 2.75) is 19.8 Å². The second-order valence-electron chi connectivity index (χ2n) is 6.89. The van der Waals surface area contributed by atoms with Crippen molar-refractivity contribution >= 4 is 45.7 Å². The molecule has 0 saturated carbocycles. The van der Waals surface area contributed by atoms with E-state index in [1.807, 2.05) is 44.2 Å². The van der Waals surface area contributed by atoms with Crippen LogP contribution in [0.3, 0.4) is 0 Å². The maximum atomic E-state index is 13.1. The predicted molar refractivity (Wildman–Crippen MR) is 109 cm³/mol. The predicted octanol–water partition coefficient (Wildman–Crippen LogP) is 4.59. The number of carbonyl (C=O) groups excluding carboxylic acids is 2. The van der Waals surface area contributed by atoms with Crippen molar-refractivity contribution in [1.29, 1.82) is 0 Å². The summed E-state index contributed by atoms with van der Waals surface area (Å²) in [4.78, 5) is 29.1. The average Bonchev–Trinajstić information content (AvgIpc) is 2.67. The van der Waals surface area contributed by atoms with Crippen LogP contribution in [0.2, 0.25) is 5.02 Å². The fourth-order valence-electron chi connectivity index (χ4n) is 3.07. The van der Waals surface area contributed by atoms with Crippen molar-refractivity contribution in [2.75, 3.05) is 17.2 Å². The van der Waals surface area contributed by atoms with Gasteiger partial charge in [0.2, 0.25) is 0 Å². The van der Waals surface area contributed by atoms with Crippen LogP contribution in [-0.4, -0.2) is 23.4 Å². The molecule has 142 valence electrons. The topological polar surface area (TPSA) is 80.3 Å². The number of pyridine rings is 1. The van der Waals surface area contributed by atoms with E-state index in [1.54, 1.807) is 12.1 Å². The maximum absolute atomic E-state index is 13.1. The Morgan fingerprint density at radius 3 is 2.82 bits per heavy atom. The monoisotopic (exact) mass is 395 g/mol. The van der Waals surface area contributed by atoms with E-state index in [2.05, 4.69) is 15.6 Å². The first kappa shape index (κ1) is 18.3. The molecule has 7 heteroatoms. The van der Waals surface area contributed by atoms with Gasteiger partial charge in [-0.25, -0.2) is 0 Å². The van der Waals surface area contributed by atoms with Gasteiger partial charge in [-0.05, 0) is 24.1 Å². The Labute approximate surface area is 166 Å². The first-order valence-corrected chi connectivity index (χ1v) is 9.27. The summed E-state index contributed by atoms with van der Waals surface area (Å²) in [5, 5.41) is 6.61. The van der Waals surface area contributed by atoms with Crippen molar-refractivity contribution < 1.29 is 14.3 Å². The van der Waals surface area contributed by atoms with Crippen LogP contribution in [0.15, 0.2) is 42.5 Å². The Morgan fingerprint density at radius 2 is 2.04 bits per heavy atom. The molecule has 0 unspecified atom stereocenters. The third-order valence-electron chi connectivity index (χ3n) is 4.52. The number of carbonyl (C=O) groups is 2. The molecule has 2 heterocycles. The van der Waals surface area contributed by atoms with Crippen LogP contribution in [0.1, 0.15) is 35.8 Å². The summed E-state index contributed by atoms with van der Waals surface area (Å²) < 4.78 is 5.41. The minimum atomic E-state index is -0.290. The number of halogens is 1. The number of hydrogen-bond donors (Lipinski definition) is 2. The zero-order valence-corrected chi connectivity index (χ0v) is 16.1. The standard InChI is InChI=1S/C21H18ClN3O3/c1-11(2)16-7-13(12-5-3-4-6-15(12)23-16)21(27)25-17-9-19-18(8-14(17)22)24-20(26)10-28-19/h3-9,11H,10H2,1-2H3,(H,24,26)(H,25,27). The van der Waals surface area contributed by atoms with Gasteiger partial charge >= 0.3 is 0 Å². The van der Waals surface area contributed by atoms with E-state index in [9.17, 15) is 9.59 Å². The summed E-state index contributed by atoms with van der Waals surface area (Å²) in [5.41, 5.74) is 3.02. The maximum Gasteiger partial charge on any atom is 0.262 e. The molecule has 2 amide bonds. The van der Waals surface area contributed by atoms with Crippen LogP contribution in [0.5, 0.6) is 5.75 Å². The molecule has 0 aliphatic carbocycles. The molecule has 28 heavy (non-hydrogen) atoms. The van der Waals surface area contributed by atoms with Crippen LogP contribution in [0.4, 0.5) is 11.4 Å². The van der Waals surface area contributed by atoms with Gasteiger partial charge in [0.05, 0.1) is 27.5 Å². The lowest BCUT2D eigenvalue weighted by molar-refractivity contribution is -0.118. The zero-order valence-electron chi connectivity index (χ0n) is 15.4. The van der Waals surface area contributed by atoms with E-state index >= 15 is 0 Å². The lowest BCUT2D eigenvalue weighted by atomic mass is 10.0. The Kier molecular flexibility index (Phi) is 4.65. The average molecular weight is 396 g/mol. The Hall–Kier alpha value is -3.12. The number of hydrogen-bond acceptors (Lipinski definition) is 4. The molecule has 3 aromatic rings. The lowest BCUT2D eigenvalue weighted by Crippen LogP contribution is -2.25. The van der Waals surface area contributed by atoms with Crippen molar-refractivity contribution in [1.82, 2.24) is 4.98 Å². The van der Waals surface area contributed by atoms with E-state index in [4.69, 9.17) is 16.3 Å². The molecule has 2 N–H and O–H groups in total. The first-order valence-electron chi connectivity index (χ1n) is 8.89. The third-order valence-corrected chi connectivity index (χ3v) is 4.84. The quantitative estimate of drug-likeness (QED) is 0.679. The molecule has 0 atom stereocenters. The summed E-state index contributed by atoms with van der Waals surface area (Å²) in [7, 11) is 0. The van der Waals surface area contributed by atoms with Gasteiger partial charge in [0.15, 0.2) is 6.61 Å². The summed E-state index contributed by atoms with van der Waals surface area (Å²) in [6.07, 6.45) is 0. The van der Waals surface area contributed by atoms with Gasteiger partial charge in [-0.2, -0.15) is 0 Å². The molecular formula is C21H18ClN3O3. The minimum Gasteiger partial charge on any atom is -0.482 e. The zero-order chi connectivity index (χ0) is 19.8. The second kappa shape index (κ2) is 7.13. The molecule has 0 fully saturated rings. The van der Waals surface area contributed by atoms with Crippen molar-refractivity contribution in [2.24, 2.45) is 0 Å². The molecule has 0 bridgehead atoms. The molecule has 0 radical (unpaired) electrons. The number of nitrogens with zero attached hydrogens (tertiary/aromatic N) is 1. The molecule has 0 saturated heterocycles. The third kappa shape index (κ3) is 3.39. The summed E-state index contributed by atoms with van der Waals surface area (Å²) in [6, 6.07) is 12.5. The normalized spacial score (nSPS) is 13.1. The number of fused-ring (bicyclic) bond motifs is 2. The SMILES string of the molecule is CC(C)c1cc(C(=O)Nc2cc3c(cc2Cl)NC(=O)CO3)c2ccccc2n1. The summed E-state index contributed by atoms with van der Waals surface area (Å²) in [6.45, 7) is 3.99. The highest BCUT2D eigenvalue weighted by Gasteiger charge is 2.20. The van der Waals surface area contributed by atoms with Gasteiger partial charge in [0, 0.05) is 17.1 Å². The van der Waals surface area contributed by atoms with Crippen LogP contribution >= 0.6 is 11.6 Å². The van der Waals surface area contributed by atoms with Gasteiger partial charge in [0.25, 0.3) is 11.8 Å². The number of anilines is 2. The number of amides is 2. The van der Waals surface area contributed by atoms with Crippen LogP contribution in [0.25, 0.3) is 10.9 Å². The van der Waals surface area contributed by atoms with E-state index < -0.39 is 0 Å². The van der Waals surface area contributed by atoms with Gasteiger partial charge in [-0.1, -0.05) is 43.6 Å². The molecule has 1 aliphatic rings. The molecule has 4 rings (SSSR count). The Morgan fingerprint density at radius 1 is 1.25 bits per heavy atom. The fourth-order valence-corrected chi connectivity index (χ4v) is 3.28. The summed E-state index contributed by atoms with van der Waals surface area (Å²) in [5.74, 6) is 0.106. The highest BCUT2D eigenvalue weighted by molar-refractivity contribution is 6.34. The van der Waals surface area contributed by atoms with Crippen molar-refractivity contribution in [3.05, 3.63) is 58.7 Å². The lowest BCUT2D eigenvalue weighted by Gasteiger charge is -2.20. The Bertz CT molecular complexity index is 1110. The highest BCUT2D eigenvalue weighted by atomic mass is 35.5. The number of aromatic nitrogens is 1. The largest absolute Gasteiger partial charge is 0.482 e. The van der Waals surface area contributed by atoms with E-state index in [1.165, 1.54) is 0 Å². The number of para-hydroxylation sites is 1. The van der Waals surface area contributed by atoms with Crippen molar-refractivity contribution in [3.8, 4) is 5.75 Å². The van der Waals surface area contributed by atoms with Gasteiger partial charge < -0.3 is 15.4 Å². The molecule has 6 nitrogen and oxygen atoms in total. The fraction of sp³-hybridized carbons (Fsp3) is 0.190. The molecule has 1 aromatic heterocycles. The smallest absolute Gasteiger partial charge is 0.262 e. The minimum absolute atomic E-state index is 0.0746. The van der Waals surface area contributed by atoms with Gasteiger partial charge in [-0.3, -0.25) is 14.6 Å². The van der Waals surface area contributed by atoms with Crippen LogP contribution in [-0.2, 0) is 4.79 Å². The van der Waals surface area contributed by atoms with Crippen LogP contribution in [0, 0.1) is 0 Å². The number of nitrogens with one attached hydrogen (secondary N) is 2. The highest BCUT2D eigenvalue weighted by Crippen LogP contribution is 2.36. The molecular weight excluding hydrogens is 378 g/mol. The van der Waals surface area contributed by atoms with Gasteiger partial charge in [0.1, 0.15) is 5.75 Å². The van der Waals surface area contributed by atoms with E-state index in [-0.39, 0.29) is 24.3 Å².